The van der Waals surface area contributed by atoms with Crippen molar-refractivity contribution in [1.82, 2.24) is 4.57 Å². The maximum atomic E-state index is 3.20. The first-order valence-corrected chi connectivity index (χ1v) is 7.45. The van der Waals surface area contributed by atoms with E-state index in [0.717, 1.165) is 0 Å². The molecule has 0 spiro atoms. The van der Waals surface area contributed by atoms with E-state index in [1.54, 1.807) is 0 Å². The zero-order valence-corrected chi connectivity index (χ0v) is 12.5. The number of fused-ring (bicyclic) bond motifs is 1. The van der Waals surface area contributed by atoms with Crippen molar-refractivity contribution in [2.24, 2.45) is 7.05 Å². The summed E-state index contributed by atoms with van der Waals surface area (Å²) in [6, 6.07) is 30.6. The monoisotopic (exact) mass is 282 g/mol. The van der Waals surface area contributed by atoms with Crippen molar-refractivity contribution < 1.29 is 0 Å². The second kappa shape index (κ2) is 5.19. The van der Waals surface area contributed by atoms with Gasteiger partial charge in [-0.15, -0.1) is 0 Å². The van der Waals surface area contributed by atoms with Gasteiger partial charge in [-0.3, -0.25) is 0 Å². The van der Waals surface area contributed by atoms with Gasteiger partial charge in [0.05, 0.1) is 5.69 Å². The van der Waals surface area contributed by atoms with Crippen LogP contribution in [0, 0.1) is 6.07 Å². The van der Waals surface area contributed by atoms with Gasteiger partial charge in [0.15, 0.2) is 0 Å². The molecule has 0 aliphatic heterocycles. The van der Waals surface area contributed by atoms with Crippen molar-refractivity contribution in [3.05, 3.63) is 84.9 Å². The predicted octanol–water partition coefficient (Wildman–Crippen LogP) is 5.31. The topological polar surface area (TPSA) is 4.93 Å². The molecule has 0 saturated heterocycles. The van der Waals surface area contributed by atoms with Gasteiger partial charge in [0.1, 0.15) is 0 Å². The van der Waals surface area contributed by atoms with Crippen LogP contribution >= 0.6 is 0 Å². The molecule has 1 nitrogen and oxygen atoms in total. The van der Waals surface area contributed by atoms with Gasteiger partial charge in [-0.2, -0.15) is 0 Å². The maximum absolute atomic E-state index is 3.20. The largest absolute Gasteiger partial charge is 0.343 e. The number of benzene rings is 3. The van der Waals surface area contributed by atoms with Crippen molar-refractivity contribution >= 4 is 10.9 Å². The third-order valence-electron chi connectivity index (χ3n) is 4.15. The van der Waals surface area contributed by atoms with Crippen LogP contribution in [0.15, 0.2) is 78.9 Å². The van der Waals surface area contributed by atoms with Gasteiger partial charge >= 0.3 is 0 Å². The van der Waals surface area contributed by atoms with E-state index in [1.807, 2.05) is 12.1 Å². The Labute approximate surface area is 130 Å². The molecule has 0 bridgehead atoms. The first kappa shape index (κ1) is 12.9. The Bertz CT molecular complexity index is 918. The molecule has 0 aliphatic rings. The van der Waals surface area contributed by atoms with E-state index in [2.05, 4.69) is 84.4 Å². The summed E-state index contributed by atoms with van der Waals surface area (Å²) in [7, 11) is 2.14. The zero-order chi connectivity index (χ0) is 14.9. The molecule has 4 rings (SSSR count). The lowest BCUT2D eigenvalue weighted by Gasteiger charge is -2.08. The SMILES string of the molecule is Cn1c(-c2ccccc2)c(-c2c[c]ccc2)c2ccccc21. The molecular formula is C21H16N. The fourth-order valence-corrected chi connectivity index (χ4v) is 3.17. The minimum Gasteiger partial charge on any atom is -0.343 e. The molecule has 0 atom stereocenters. The van der Waals surface area contributed by atoms with Crippen molar-refractivity contribution in [2.75, 3.05) is 0 Å². The molecule has 4 aromatic rings. The molecule has 0 unspecified atom stereocenters. The molecule has 0 N–H and O–H groups in total. The van der Waals surface area contributed by atoms with E-state index in [4.69, 9.17) is 0 Å². The van der Waals surface area contributed by atoms with Gasteiger partial charge < -0.3 is 4.57 Å². The molecule has 0 aliphatic carbocycles. The van der Waals surface area contributed by atoms with Crippen LogP contribution < -0.4 is 0 Å². The summed E-state index contributed by atoms with van der Waals surface area (Å²) in [6.07, 6.45) is 0. The summed E-state index contributed by atoms with van der Waals surface area (Å²) in [6.45, 7) is 0. The van der Waals surface area contributed by atoms with Crippen LogP contribution in [-0.2, 0) is 7.05 Å². The highest BCUT2D eigenvalue weighted by molar-refractivity contribution is 6.04. The van der Waals surface area contributed by atoms with Crippen LogP contribution in [-0.4, -0.2) is 4.57 Å². The molecule has 1 heteroatoms. The number of aromatic nitrogens is 1. The normalized spacial score (nSPS) is 11.0. The van der Waals surface area contributed by atoms with Crippen molar-refractivity contribution in [3.8, 4) is 22.4 Å². The third kappa shape index (κ3) is 1.94. The molecule has 22 heavy (non-hydrogen) atoms. The number of rotatable bonds is 2. The zero-order valence-electron chi connectivity index (χ0n) is 12.5. The molecule has 0 amide bonds. The van der Waals surface area contributed by atoms with Crippen molar-refractivity contribution in [2.45, 2.75) is 0 Å². The molecule has 1 heterocycles. The number of nitrogens with zero attached hydrogens (tertiary/aromatic N) is 1. The molecule has 105 valence electrons. The van der Waals surface area contributed by atoms with Crippen molar-refractivity contribution in [1.29, 1.82) is 0 Å². The number of hydrogen-bond donors (Lipinski definition) is 0. The fourth-order valence-electron chi connectivity index (χ4n) is 3.17. The standard InChI is InChI=1S/C21H16N/c1-22-19-15-9-8-14-18(19)20(16-10-4-2-5-11-16)21(22)17-12-6-3-7-13-17/h2-4,6-15H,1H3. The predicted molar refractivity (Wildman–Crippen MR) is 92.6 cm³/mol. The second-order valence-corrected chi connectivity index (χ2v) is 5.46. The van der Waals surface area contributed by atoms with Gasteiger partial charge in [-0.05, 0) is 29.3 Å². The summed E-state index contributed by atoms with van der Waals surface area (Å²) < 4.78 is 2.28. The Morgan fingerprint density at radius 1 is 0.773 bits per heavy atom. The average Bonchev–Trinajstić information content (AvgIpc) is 2.90. The van der Waals surface area contributed by atoms with E-state index < -0.39 is 0 Å². The van der Waals surface area contributed by atoms with Crippen LogP contribution in [0.5, 0.6) is 0 Å². The number of aryl methyl sites for hydroxylation is 1. The summed E-state index contributed by atoms with van der Waals surface area (Å²) in [4.78, 5) is 0. The van der Waals surface area contributed by atoms with Crippen LogP contribution in [0.25, 0.3) is 33.3 Å². The van der Waals surface area contributed by atoms with Crippen LogP contribution in [0.3, 0.4) is 0 Å². The van der Waals surface area contributed by atoms with Crippen molar-refractivity contribution in [3.63, 3.8) is 0 Å². The summed E-state index contributed by atoms with van der Waals surface area (Å²) in [5.41, 5.74) is 6.22. The summed E-state index contributed by atoms with van der Waals surface area (Å²) in [5.74, 6) is 0. The lowest BCUT2D eigenvalue weighted by molar-refractivity contribution is 0.979. The Hall–Kier alpha value is -2.80. The number of hydrogen-bond acceptors (Lipinski definition) is 0. The smallest absolute Gasteiger partial charge is 0.0568 e. The first-order chi connectivity index (χ1) is 10.9. The minimum absolute atomic E-state index is 1.21. The van der Waals surface area contributed by atoms with Crippen LogP contribution in [0.2, 0.25) is 0 Å². The highest BCUT2D eigenvalue weighted by atomic mass is 14.9. The first-order valence-electron chi connectivity index (χ1n) is 7.45. The molecule has 1 radical (unpaired) electrons. The van der Waals surface area contributed by atoms with Gasteiger partial charge in [0.25, 0.3) is 0 Å². The lowest BCUT2D eigenvalue weighted by atomic mass is 9.98. The Morgan fingerprint density at radius 2 is 1.50 bits per heavy atom. The molecular weight excluding hydrogens is 266 g/mol. The van der Waals surface area contributed by atoms with E-state index >= 15 is 0 Å². The van der Waals surface area contributed by atoms with Gasteiger partial charge in [-0.25, -0.2) is 0 Å². The summed E-state index contributed by atoms with van der Waals surface area (Å²) in [5, 5.41) is 1.28. The highest BCUT2D eigenvalue weighted by Crippen LogP contribution is 2.39. The summed E-state index contributed by atoms with van der Waals surface area (Å²) >= 11 is 0. The van der Waals surface area contributed by atoms with E-state index in [0.29, 0.717) is 0 Å². The average molecular weight is 282 g/mol. The Kier molecular flexibility index (Phi) is 3.05. The maximum Gasteiger partial charge on any atom is 0.0568 e. The van der Waals surface area contributed by atoms with E-state index in [-0.39, 0.29) is 0 Å². The quantitative estimate of drug-likeness (QED) is 0.469. The minimum atomic E-state index is 1.21. The lowest BCUT2D eigenvalue weighted by Crippen LogP contribution is -1.92. The van der Waals surface area contributed by atoms with E-state index in [9.17, 15) is 0 Å². The van der Waals surface area contributed by atoms with E-state index in [1.165, 1.54) is 33.3 Å². The number of para-hydroxylation sites is 1. The molecule has 1 aromatic heterocycles. The molecule has 3 aromatic carbocycles. The molecule has 0 fully saturated rings. The van der Waals surface area contributed by atoms with Gasteiger partial charge in [-0.1, -0.05) is 66.7 Å². The van der Waals surface area contributed by atoms with Gasteiger partial charge in [0, 0.05) is 23.5 Å². The fraction of sp³-hybridized carbons (Fsp3) is 0.0476. The molecule has 0 saturated carbocycles. The Balaban J connectivity index is 2.14. The van der Waals surface area contributed by atoms with Crippen LogP contribution in [0.4, 0.5) is 0 Å². The Morgan fingerprint density at radius 3 is 2.27 bits per heavy atom. The third-order valence-corrected chi connectivity index (χ3v) is 4.15. The second-order valence-electron chi connectivity index (χ2n) is 5.46. The van der Waals surface area contributed by atoms with Gasteiger partial charge in [0.2, 0.25) is 0 Å². The van der Waals surface area contributed by atoms with Crippen LogP contribution in [0.1, 0.15) is 0 Å². The highest BCUT2D eigenvalue weighted by Gasteiger charge is 2.17.